The van der Waals surface area contributed by atoms with E-state index < -0.39 is 11.3 Å². The first-order valence-corrected chi connectivity index (χ1v) is 2.20. The smallest absolute Gasteiger partial charge is 0.285 e. The van der Waals surface area contributed by atoms with Crippen LogP contribution in [-0.2, 0) is 11.3 Å². The van der Waals surface area contributed by atoms with E-state index in [0.717, 1.165) is 0 Å². The molecule has 30 valence electrons. The monoisotopic (exact) mass is 113 g/mol. The SMILES string of the molecule is [3H]P=NS(=O)O. The van der Waals surface area contributed by atoms with Gasteiger partial charge in [-0.15, -0.1) is 4.15 Å². The van der Waals surface area contributed by atoms with Gasteiger partial charge in [0.25, 0.3) is 11.3 Å². The molecule has 0 saturated heterocycles. The molecule has 3 nitrogen and oxygen atoms in total. The van der Waals surface area contributed by atoms with Crippen LogP contribution in [0.1, 0.15) is 0 Å². The molecular formula is H2NO2PS. The van der Waals surface area contributed by atoms with Crippen molar-refractivity contribution < 1.29 is 8.76 Å². The molecule has 0 aliphatic rings. The zero-order valence-corrected chi connectivity index (χ0v) is 3.87. The van der Waals surface area contributed by atoms with Crippen molar-refractivity contribution in [2.24, 2.45) is 4.15 Å². The Balaban J connectivity index is 3.30. The Morgan fingerprint density at radius 1 is 2.40 bits per heavy atom. The molecule has 0 rings (SSSR count). The van der Waals surface area contributed by atoms with Crippen molar-refractivity contribution in [2.75, 3.05) is 0 Å². The Morgan fingerprint density at radius 2 is 3.00 bits per heavy atom. The second-order valence-electron chi connectivity index (χ2n) is 0.312. The van der Waals surface area contributed by atoms with Gasteiger partial charge in [0.05, 0.1) is 0 Å². The average Bonchev–Trinajstić information content (AvgIpc) is 1.35. The fraction of sp³-hybridized carbons (Fsp3) is 0. The second kappa shape index (κ2) is 2.45. The normalized spacial score (nSPS) is 19.0. The van der Waals surface area contributed by atoms with Crippen molar-refractivity contribution in [3.63, 3.8) is 0 Å². The van der Waals surface area contributed by atoms with E-state index in [-0.39, 0.29) is 8.98 Å². The third-order valence-corrected chi connectivity index (χ3v) is 0.629. The van der Waals surface area contributed by atoms with E-state index in [1.165, 1.54) is 0 Å². The number of rotatable bonds is 1. The van der Waals surface area contributed by atoms with E-state index in [2.05, 4.69) is 4.15 Å². The number of nitrogens with zero attached hydrogens (tertiary/aromatic N) is 1. The lowest BCUT2D eigenvalue weighted by Crippen LogP contribution is -1.68. The molecule has 0 radical (unpaired) electrons. The molecule has 0 aliphatic carbocycles. The maximum Gasteiger partial charge on any atom is 0.285 e. The lowest BCUT2D eigenvalue weighted by molar-refractivity contribution is 0.567. The van der Waals surface area contributed by atoms with Gasteiger partial charge in [-0.05, 0) is 0 Å². The van der Waals surface area contributed by atoms with Crippen LogP contribution in [0.15, 0.2) is 4.15 Å². The van der Waals surface area contributed by atoms with Crippen LogP contribution in [-0.4, -0.2) is 10.0 Å². The first-order chi connectivity index (χ1) is 2.77. The third kappa shape index (κ3) is 4.21. The quantitative estimate of drug-likeness (QED) is 0.396. The van der Waals surface area contributed by atoms with Gasteiger partial charge in [-0.1, -0.05) is 0 Å². The van der Waals surface area contributed by atoms with Crippen molar-refractivity contribution in [1.82, 2.24) is 0 Å². The Kier molecular flexibility index (Phi) is 1.67. The third-order valence-electron chi connectivity index (χ3n) is 0.0698. The summed E-state index contributed by atoms with van der Waals surface area (Å²) >= 11 is -2.14. The predicted octanol–water partition coefficient (Wildman–Crippen LogP) is 0.449. The van der Waals surface area contributed by atoms with Gasteiger partial charge in [-0.3, -0.25) is 4.55 Å². The molecule has 1 N–H and O–H groups in total. The summed E-state index contributed by atoms with van der Waals surface area (Å²) in [6, 6.07) is 0. The van der Waals surface area contributed by atoms with Crippen LogP contribution in [0.2, 0.25) is 0 Å². The highest BCUT2D eigenvalue weighted by Crippen LogP contribution is 1.74. The first kappa shape index (κ1) is 3.40. The van der Waals surface area contributed by atoms with E-state index in [1.807, 2.05) is 0 Å². The maximum atomic E-state index is 9.42. The maximum absolute atomic E-state index is 9.42. The number of hydrogen-bond donors (Lipinski definition) is 1. The Bertz CT molecular complexity index is 81.6. The van der Waals surface area contributed by atoms with Crippen LogP contribution < -0.4 is 0 Å². The molecule has 0 saturated carbocycles. The summed E-state index contributed by atoms with van der Waals surface area (Å²) in [6.45, 7) is 0. The van der Waals surface area contributed by atoms with Gasteiger partial charge in [0, 0.05) is 8.98 Å². The van der Waals surface area contributed by atoms with Crippen molar-refractivity contribution >= 4 is 20.2 Å². The zero-order chi connectivity index (χ0) is 4.99. The summed E-state index contributed by atoms with van der Waals surface area (Å²) in [6.07, 6.45) is 0. The van der Waals surface area contributed by atoms with Gasteiger partial charge in [0.15, 0.2) is 0 Å². The molecule has 0 aromatic carbocycles. The summed E-state index contributed by atoms with van der Waals surface area (Å²) in [5.41, 5.74) is 0. The van der Waals surface area contributed by atoms with E-state index in [1.54, 1.807) is 0 Å². The van der Waals surface area contributed by atoms with Crippen LogP contribution in [0.4, 0.5) is 0 Å². The summed E-state index contributed by atoms with van der Waals surface area (Å²) < 4.78 is 26.1. The lowest BCUT2D eigenvalue weighted by Gasteiger charge is -1.64. The summed E-state index contributed by atoms with van der Waals surface area (Å²) in [7, 11) is -0.151. The molecule has 0 aromatic rings. The predicted molar refractivity (Wildman–Crippen MR) is 21.5 cm³/mol. The van der Waals surface area contributed by atoms with E-state index in [9.17, 15) is 4.21 Å². The summed E-state index contributed by atoms with van der Waals surface area (Å²) in [5.74, 6) is 0. The van der Waals surface area contributed by atoms with Crippen LogP contribution in [0.5, 0.6) is 0 Å². The van der Waals surface area contributed by atoms with Crippen molar-refractivity contribution in [3.05, 3.63) is 0 Å². The molecule has 0 aromatic heterocycles. The summed E-state index contributed by atoms with van der Waals surface area (Å²) in [4.78, 5) is 0. The standard InChI is InChI=1S/H2NO2PS/c2-5(3)1-4/h4H,(H,2,3)/i4T. The Hall–Kier alpha value is 0.210. The van der Waals surface area contributed by atoms with E-state index >= 15 is 0 Å². The van der Waals surface area contributed by atoms with Gasteiger partial charge in [-0.2, -0.15) is 0 Å². The molecule has 1 unspecified atom stereocenters. The van der Waals surface area contributed by atoms with Crippen LogP contribution in [0, 0.1) is 0 Å². The largest absolute Gasteiger partial charge is 0.288 e. The van der Waals surface area contributed by atoms with Crippen molar-refractivity contribution in [3.8, 4) is 0 Å². The minimum absolute atomic E-state index is 0.151. The fourth-order valence-electron chi connectivity index (χ4n) is 0. The van der Waals surface area contributed by atoms with Gasteiger partial charge in [-0.25, -0.2) is 4.21 Å². The minimum atomic E-state index is -2.14. The van der Waals surface area contributed by atoms with Gasteiger partial charge in [0.1, 0.15) is 1.28 Å². The first-order valence-electron chi connectivity index (χ1n) is 1.18. The highest BCUT2D eigenvalue weighted by molar-refractivity contribution is 7.79. The minimum Gasteiger partial charge on any atom is -0.288 e. The molecule has 5 heteroatoms. The lowest BCUT2D eigenvalue weighted by atomic mass is 13.9. The van der Waals surface area contributed by atoms with Crippen molar-refractivity contribution in [2.45, 2.75) is 0 Å². The second-order valence-corrected chi connectivity index (χ2v) is 1.43. The molecule has 0 heterocycles. The van der Waals surface area contributed by atoms with Crippen LogP contribution >= 0.6 is 8.98 Å². The fourth-order valence-corrected chi connectivity index (χ4v) is 0. The van der Waals surface area contributed by atoms with E-state index in [0.29, 0.717) is 0 Å². The van der Waals surface area contributed by atoms with Gasteiger partial charge >= 0.3 is 0 Å². The van der Waals surface area contributed by atoms with Gasteiger partial charge in [0.2, 0.25) is 0 Å². The van der Waals surface area contributed by atoms with Crippen LogP contribution in [0.25, 0.3) is 0 Å². The molecule has 0 fully saturated rings. The Morgan fingerprint density at radius 3 is 3.00 bits per heavy atom. The molecule has 0 spiro atoms. The molecule has 0 aliphatic heterocycles. The topological polar surface area (TPSA) is 49.7 Å². The van der Waals surface area contributed by atoms with Gasteiger partial charge < -0.3 is 0 Å². The summed E-state index contributed by atoms with van der Waals surface area (Å²) in [5, 5.41) is 0. The highest BCUT2D eigenvalue weighted by atomic mass is 32.2. The molecule has 0 bridgehead atoms. The van der Waals surface area contributed by atoms with Crippen molar-refractivity contribution in [1.29, 1.82) is 1.28 Å². The van der Waals surface area contributed by atoms with E-state index in [4.69, 9.17) is 5.83 Å². The Labute approximate surface area is 35.4 Å². The molecular weight excluding hydrogens is 109 g/mol. The number of hydrogen-bond acceptors (Lipinski definition) is 1. The van der Waals surface area contributed by atoms with Crippen LogP contribution in [0.3, 0.4) is 0 Å². The average molecular weight is 113 g/mol. The molecule has 5 heavy (non-hydrogen) atoms. The zero-order valence-electron chi connectivity index (χ0n) is 3.16. The molecule has 1 atom stereocenters. The highest BCUT2D eigenvalue weighted by Gasteiger charge is 1.70. The molecule has 0 amide bonds.